The summed E-state index contributed by atoms with van der Waals surface area (Å²) in [6.07, 6.45) is 3.07. The highest BCUT2D eigenvalue weighted by Crippen LogP contribution is 2.33. The Hall–Kier alpha value is -3.35. The van der Waals surface area contributed by atoms with Crippen molar-refractivity contribution in [3.05, 3.63) is 68.2 Å². The maximum Gasteiger partial charge on any atom is 0.316 e. The molecule has 7 heteroatoms. The molecule has 30 heavy (non-hydrogen) atoms. The Kier molecular flexibility index (Phi) is 5.20. The van der Waals surface area contributed by atoms with Gasteiger partial charge in [0.2, 0.25) is 0 Å². The lowest BCUT2D eigenvalue weighted by Crippen LogP contribution is -2.39. The third-order valence-corrected chi connectivity index (χ3v) is 5.93. The molecule has 7 nitrogen and oxygen atoms in total. The molecule has 1 aliphatic rings. The molecule has 1 saturated heterocycles. The van der Waals surface area contributed by atoms with Crippen LogP contribution in [0.15, 0.2) is 46.0 Å². The lowest BCUT2D eigenvalue weighted by atomic mass is 10.1. The van der Waals surface area contributed by atoms with Crippen molar-refractivity contribution < 1.29 is 4.79 Å². The van der Waals surface area contributed by atoms with Crippen molar-refractivity contribution in [2.45, 2.75) is 26.2 Å². The van der Waals surface area contributed by atoms with Crippen molar-refractivity contribution in [3.63, 3.8) is 0 Å². The molecular weight excluding hydrogens is 380 g/mol. The van der Waals surface area contributed by atoms with Gasteiger partial charge in [0.05, 0.1) is 22.4 Å². The topological polar surface area (TPSA) is 76.3 Å². The van der Waals surface area contributed by atoms with Gasteiger partial charge in [-0.15, -0.1) is 0 Å². The first-order chi connectivity index (χ1) is 14.4. The third kappa shape index (κ3) is 3.40. The van der Waals surface area contributed by atoms with Crippen molar-refractivity contribution in [1.82, 2.24) is 9.13 Å². The first kappa shape index (κ1) is 19.9. The number of anilines is 2. The van der Waals surface area contributed by atoms with E-state index in [1.165, 1.54) is 14.7 Å². The molecule has 0 atom stereocenters. The number of carbonyl (C=O) groups excluding carboxylic acids is 1. The molecule has 3 aromatic rings. The van der Waals surface area contributed by atoms with Crippen LogP contribution in [0.5, 0.6) is 0 Å². The van der Waals surface area contributed by atoms with Crippen molar-refractivity contribution in [2.75, 3.05) is 23.3 Å². The second kappa shape index (κ2) is 7.82. The Morgan fingerprint density at radius 2 is 1.50 bits per heavy atom. The summed E-state index contributed by atoms with van der Waals surface area (Å²) in [5.74, 6) is -0.202. The zero-order valence-electron chi connectivity index (χ0n) is 17.6. The highest BCUT2D eigenvalue weighted by molar-refractivity contribution is 6.07. The van der Waals surface area contributed by atoms with Gasteiger partial charge in [0, 0.05) is 32.7 Å². The number of nitrogens with one attached hydrogen (secondary N) is 1. The van der Waals surface area contributed by atoms with Crippen LogP contribution in [-0.4, -0.2) is 28.1 Å². The summed E-state index contributed by atoms with van der Waals surface area (Å²) in [6.45, 7) is 3.85. The molecular formula is C23H26N4O3. The zero-order valence-corrected chi connectivity index (χ0v) is 17.6. The Labute approximate surface area is 174 Å². The second-order valence-corrected chi connectivity index (χ2v) is 7.79. The van der Waals surface area contributed by atoms with Crippen LogP contribution in [0, 0.1) is 0 Å². The van der Waals surface area contributed by atoms with Crippen LogP contribution in [0.25, 0.3) is 11.0 Å². The number of carbonyl (C=O) groups is 1. The summed E-state index contributed by atoms with van der Waals surface area (Å²) in [5, 5.41) is 3.03. The van der Waals surface area contributed by atoms with E-state index >= 15 is 0 Å². The predicted octanol–water partition coefficient (Wildman–Crippen LogP) is 2.65. The van der Waals surface area contributed by atoms with Gasteiger partial charge >= 0.3 is 11.1 Å². The minimum absolute atomic E-state index is 0.202. The van der Waals surface area contributed by atoms with Crippen molar-refractivity contribution in [3.8, 4) is 0 Å². The smallest absolute Gasteiger partial charge is 0.316 e. The first-order valence-corrected chi connectivity index (χ1v) is 10.3. The zero-order chi connectivity index (χ0) is 21.4. The molecule has 2 aromatic carbocycles. The molecule has 1 aliphatic heterocycles. The summed E-state index contributed by atoms with van der Waals surface area (Å²) >= 11 is 0. The van der Waals surface area contributed by atoms with Gasteiger partial charge in [-0.2, -0.15) is 0 Å². The van der Waals surface area contributed by atoms with E-state index in [0.717, 1.165) is 38.0 Å². The number of hydrogen-bond acceptors (Lipinski definition) is 4. The predicted molar refractivity (Wildman–Crippen MR) is 120 cm³/mol. The largest absolute Gasteiger partial charge is 0.370 e. The SMILES string of the molecule is CCc1ccc(C(=O)Nc2cc3c(cc2N2CCCC2)n(C)c(=O)c(=O)n3C)cc1. The van der Waals surface area contributed by atoms with E-state index in [0.29, 0.717) is 22.3 Å². The molecule has 0 spiro atoms. The summed E-state index contributed by atoms with van der Waals surface area (Å²) in [7, 11) is 3.18. The van der Waals surface area contributed by atoms with Gasteiger partial charge in [0.15, 0.2) is 0 Å². The number of amides is 1. The number of benzene rings is 2. The number of aromatic nitrogens is 2. The van der Waals surface area contributed by atoms with Crippen LogP contribution in [0.2, 0.25) is 0 Å². The van der Waals surface area contributed by atoms with Gasteiger partial charge in [-0.3, -0.25) is 14.4 Å². The van der Waals surface area contributed by atoms with Crippen molar-refractivity contribution >= 4 is 28.3 Å². The fraction of sp³-hybridized carbons (Fsp3) is 0.348. The van der Waals surface area contributed by atoms with Gasteiger partial charge in [0.25, 0.3) is 5.91 Å². The highest BCUT2D eigenvalue weighted by Gasteiger charge is 2.21. The Morgan fingerprint density at radius 1 is 0.933 bits per heavy atom. The van der Waals surface area contributed by atoms with E-state index in [9.17, 15) is 14.4 Å². The molecule has 0 saturated carbocycles. The summed E-state index contributed by atoms with van der Waals surface area (Å²) in [5.41, 5.74) is 3.36. The Morgan fingerprint density at radius 3 is 2.07 bits per heavy atom. The molecule has 0 unspecified atom stereocenters. The first-order valence-electron chi connectivity index (χ1n) is 10.3. The molecule has 1 fully saturated rings. The molecule has 156 valence electrons. The minimum atomic E-state index is -0.591. The normalized spacial score (nSPS) is 13.8. The second-order valence-electron chi connectivity index (χ2n) is 7.79. The molecule has 2 heterocycles. The number of rotatable bonds is 4. The standard InChI is InChI=1S/C23H26N4O3/c1-4-15-7-9-16(10-8-15)21(28)24-17-13-19-20(14-18(17)27-11-5-6-12-27)26(3)23(30)22(29)25(19)2/h7-10,13-14H,4-6,11-12H2,1-3H3,(H,24,28). The van der Waals surface area contributed by atoms with Crippen molar-refractivity contribution in [1.29, 1.82) is 0 Å². The minimum Gasteiger partial charge on any atom is -0.370 e. The molecule has 1 N–H and O–H groups in total. The third-order valence-electron chi connectivity index (χ3n) is 5.93. The van der Waals surface area contributed by atoms with E-state index in [1.54, 1.807) is 20.2 Å². The average Bonchev–Trinajstić information content (AvgIpc) is 3.30. The van der Waals surface area contributed by atoms with E-state index < -0.39 is 11.1 Å². The highest BCUT2D eigenvalue weighted by atomic mass is 16.2. The Bertz CT molecular complexity index is 1230. The van der Waals surface area contributed by atoms with Gasteiger partial charge in [-0.05, 0) is 49.1 Å². The van der Waals surface area contributed by atoms with Crippen LogP contribution in [0.3, 0.4) is 0 Å². The number of aryl methyl sites for hydroxylation is 3. The quantitative estimate of drug-likeness (QED) is 0.676. The number of hydrogen-bond donors (Lipinski definition) is 1. The molecule has 1 amide bonds. The average molecular weight is 406 g/mol. The van der Waals surface area contributed by atoms with Crippen LogP contribution in [0.4, 0.5) is 11.4 Å². The molecule has 0 aliphatic carbocycles. The van der Waals surface area contributed by atoms with E-state index in [2.05, 4.69) is 17.1 Å². The van der Waals surface area contributed by atoms with Gasteiger partial charge < -0.3 is 19.4 Å². The fourth-order valence-corrected chi connectivity index (χ4v) is 4.01. The lowest BCUT2D eigenvalue weighted by Gasteiger charge is -2.23. The summed E-state index contributed by atoms with van der Waals surface area (Å²) < 4.78 is 2.73. The number of nitrogens with zero attached hydrogens (tertiary/aromatic N) is 3. The number of fused-ring (bicyclic) bond motifs is 1. The van der Waals surface area contributed by atoms with Crippen LogP contribution < -0.4 is 21.3 Å². The molecule has 0 bridgehead atoms. The molecule has 1 aromatic heterocycles. The van der Waals surface area contributed by atoms with E-state index in [1.807, 2.05) is 30.3 Å². The fourth-order valence-electron chi connectivity index (χ4n) is 4.01. The lowest BCUT2D eigenvalue weighted by molar-refractivity contribution is 0.102. The van der Waals surface area contributed by atoms with Gasteiger partial charge in [0.1, 0.15) is 0 Å². The van der Waals surface area contributed by atoms with Crippen LogP contribution in [-0.2, 0) is 20.5 Å². The summed E-state index contributed by atoms with van der Waals surface area (Å²) in [6, 6.07) is 11.3. The van der Waals surface area contributed by atoms with Crippen molar-refractivity contribution in [2.24, 2.45) is 14.1 Å². The maximum absolute atomic E-state index is 12.9. The molecule has 0 radical (unpaired) electrons. The molecule has 4 rings (SSSR count). The maximum atomic E-state index is 12.9. The van der Waals surface area contributed by atoms with E-state index in [4.69, 9.17) is 0 Å². The van der Waals surface area contributed by atoms with Gasteiger partial charge in [-0.25, -0.2) is 0 Å². The van der Waals surface area contributed by atoms with Crippen LogP contribution in [0.1, 0.15) is 35.7 Å². The van der Waals surface area contributed by atoms with Gasteiger partial charge in [-0.1, -0.05) is 19.1 Å². The van der Waals surface area contributed by atoms with E-state index in [-0.39, 0.29) is 5.91 Å². The Balaban J connectivity index is 1.83. The summed E-state index contributed by atoms with van der Waals surface area (Å²) in [4.78, 5) is 39.7. The van der Waals surface area contributed by atoms with Crippen LogP contribution >= 0.6 is 0 Å². The monoisotopic (exact) mass is 406 g/mol.